The minimum Gasteiger partial charge on any atom is -0.362 e. The number of hydrogen-bond donors (Lipinski definition) is 2. The molecule has 3 aromatic rings. The van der Waals surface area contributed by atoms with Crippen molar-refractivity contribution in [2.75, 3.05) is 28.6 Å². The van der Waals surface area contributed by atoms with E-state index >= 15 is 0 Å². The highest BCUT2D eigenvalue weighted by Crippen LogP contribution is 2.19. The molecule has 0 atom stereocenters. The summed E-state index contributed by atoms with van der Waals surface area (Å²) in [6.07, 6.45) is 0. The van der Waals surface area contributed by atoms with Gasteiger partial charge in [0.2, 0.25) is 5.91 Å². The number of thiophene rings is 1. The highest BCUT2D eigenvalue weighted by Gasteiger charge is 2.13. The van der Waals surface area contributed by atoms with Crippen molar-refractivity contribution in [2.45, 2.75) is 6.92 Å². The van der Waals surface area contributed by atoms with Crippen LogP contribution in [0.25, 0.3) is 0 Å². The lowest BCUT2D eigenvalue weighted by Crippen LogP contribution is -2.33. The van der Waals surface area contributed by atoms with Crippen LogP contribution >= 0.6 is 11.3 Å². The largest absolute Gasteiger partial charge is 0.362 e. The first-order valence-corrected chi connectivity index (χ1v) is 9.79. The number of anilines is 3. The minimum absolute atomic E-state index is 0.0154. The predicted octanol–water partition coefficient (Wildman–Crippen LogP) is 4.74. The topological polar surface area (TPSA) is 61.4 Å². The summed E-state index contributed by atoms with van der Waals surface area (Å²) in [5.74, 6) is -2.38. The van der Waals surface area contributed by atoms with Crippen LogP contribution in [0.5, 0.6) is 0 Å². The van der Waals surface area contributed by atoms with Crippen molar-refractivity contribution in [1.82, 2.24) is 0 Å². The van der Waals surface area contributed by atoms with Crippen molar-refractivity contribution in [3.8, 4) is 0 Å². The summed E-state index contributed by atoms with van der Waals surface area (Å²) in [6.45, 7) is 2.25. The van der Waals surface area contributed by atoms with Gasteiger partial charge in [0, 0.05) is 29.7 Å². The zero-order valence-corrected chi connectivity index (χ0v) is 16.4. The van der Waals surface area contributed by atoms with Gasteiger partial charge < -0.3 is 15.5 Å². The average molecular weight is 415 g/mol. The standard InChI is InChI=1S/C21H19F2N3O2S/c1-2-26(16-9-10-17(22)18(23)12-16)13-20(27)24-14-5-7-15(8-6-14)25-21(28)19-4-3-11-29-19/h3-12H,2,13H2,1H3,(H,24,27)(H,25,28). The van der Waals surface area contributed by atoms with E-state index in [1.807, 2.05) is 12.3 Å². The molecular weight excluding hydrogens is 396 g/mol. The van der Waals surface area contributed by atoms with E-state index in [1.54, 1.807) is 41.3 Å². The Bertz CT molecular complexity index is 992. The van der Waals surface area contributed by atoms with E-state index in [2.05, 4.69) is 10.6 Å². The highest BCUT2D eigenvalue weighted by molar-refractivity contribution is 7.12. The predicted molar refractivity (Wildman–Crippen MR) is 112 cm³/mol. The van der Waals surface area contributed by atoms with Crippen molar-refractivity contribution in [2.24, 2.45) is 0 Å². The Balaban J connectivity index is 1.58. The second-order valence-electron chi connectivity index (χ2n) is 6.17. The number of likely N-dealkylation sites (N-methyl/N-ethyl adjacent to an activating group) is 1. The molecule has 0 saturated carbocycles. The molecule has 0 spiro atoms. The van der Waals surface area contributed by atoms with Crippen LogP contribution in [-0.2, 0) is 4.79 Å². The Morgan fingerprint density at radius 1 is 0.966 bits per heavy atom. The lowest BCUT2D eigenvalue weighted by atomic mass is 10.2. The van der Waals surface area contributed by atoms with Gasteiger partial charge in [0.05, 0.1) is 11.4 Å². The summed E-state index contributed by atoms with van der Waals surface area (Å²) in [7, 11) is 0. The van der Waals surface area contributed by atoms with Gasteiger partial charge in [0.1, 0.15) is 0 Å². The molecule has 0 fully saturated rings. The van der Waals surface area contributed by atoms with Crippen molar-refractivity contribution >= 4 is 40.2 Å². The maximum atomic E-state index is 13.4. The number of hydrogen-bond acceptors (Lipinski definition) is 4. The molecule has 0 radical (unpaired) electrons. The highest BCUT2D eigenvalue weighted by atomic mass is 32.1. The third-order valence-corrected chi connectivity index (χ3v) is 5.02. The molecule has 150 valence electrons. The minimum atomic E-state index is -0.957. The Labute approximate surface area is 171 Å². The molecule has 2 aromatic carbocycles. The van der Waals surface area contributed by atoms with E-state index in [0.29, 0.717) is 28.5 Å². The van der Waals surface area contributed by atoms with Gasteiger partial charge in [-0.05, 0) is 54.8 Å². The quantitative estimate of drug-likeness (QED) is 0.586. The summed E-state index contributed by atoms with van der Waals surface area (Å²) in [5.41, 5.74) is 1.59. The van der Waals surface area contributed by atoms with Gasteiger partial charge >= 0.3 is 0 Å². The fourth-order valence-corrected chi connectivity index (χ4v) is 3.30. The number of rotatable bonds is 7. The van der Waals surface area contributed by atoms with Crippen LogP contribution in [0.2, 0.25) is 0 Å². The summed E-state index contributed by atoms with van der Waals surface area (Å²) >= 11 is 1.35. The van der Waals surface area contributed by atoms with E-state index < -0.39 is 11.6 Å². The molecule has 0 unspecified atom stereocenters. The van der Waals surface area contributed by atoms with Crippen LogP contribution in [0.15, 0.2) is 60.0 Å². The van der Waals surface area contributed by atoms with Crippen LogP contribution in [0.1, 0.15) is 16.6 Å². The first-order chi connectivity index (χ1) is 14.0. The fraction of sp³-hybridized carbons (Fsp3) is 0.143. The molecule has 1 aromatic heterocycles. The first kappa shape index (κ1) is 20.5. The second-order valence-corrected chi connectivity index (χ2v) is 7.12. The van der Waals surface area contributed by atoms with Crippen molar-refractivity contribution < 1.29 is 18.4 Å². The molecule has 0 aliphatic carbocycles. The number of carbonyl (C=O) groups is 2. The van der Waals surface area contributed by atoms with Gasteiger partial charge in [-0.25, -0.2) is 8.78 Å². The maximum absolute atomic E-state index is 13.4. The number of nitrogens with one attached hydrogen (secondary N) is 2. The van der Waals surface area contributed by atoms with E-state index in [4.69, 9.17) is 0 Å². The van der Waals surface area contributed by atoms with Gasteiger partial charge in [0.25, 0.3) is 5.91 Å². The Kier molecular flexibility index (Phi) is 6.56. The van der Waals surface area contributed by atoms with Crippen LogP contribution in [0.4, 0.5) is 25.8 Å². The van der Waals surface area contributed by atoms with Crippen LogP contribution < -0.4 is 15.5 Å². The molecule has 2 amide bonds. The molecule has 2 N–H and O–H groups in total. The number of benzene rings is 2. The summed E-state index contributed by atoms with van der Waals surface area (Å²) in [6, 6.07) is 13.8. The molecule has 0 aliphatic heterocycles. The van der Waals surface area contributed by atoms with Gasteiger partial charge in [-0.1, -0.05) is 6.07 Å². The zero-order chi connectivity index (χ0) is 20.8. The van der Waals surface area contributed by atoms with Crippen LogP contribution in [-0.4, -0.2) is 24.9 Å². The lowest BCUT2D eigenvalue weighted by Gasteiger charge is -2.22. The smallest absolute Gasteiger partial charge is 0.265 e. The van der Waals surface area contributed by atoms with Crippen LogP contribution in [0.3, 0.4) is 0 Å². The van der Waals surface area contributed by atoms with Crippen molar-refractivity contribution in [3.63, 3.8) is 0 Å². The Morgan fingerprint density at radius 2 is 1.66 bits per heavy atom. The van der Waals surface area contributed by atoms with E-state index in [0.717, 1.165) is 12.1 Å². The monoisotopic (exact) mass is 415 g/mol. The summed E-state index contributed by atoms with van der Waals surface area (Å²) < 4.78 is 26.6. The maximum Gasteiger partial charge on any atom is 0.265 e. The lowest BCUT2D eigenvalue weighted by molar-refractivity contribution is -0.115. The molecular formula is C21H19F2N3O2S. The fourth-order valence-electron chi connectivity index (χ4n) is 2.68. The molecule has 29 heavy (non-hydrogen) atoms. The number of carbonyl (C=O) groups excluding carboxylic acids is 2. The third-order valence-electron chi connectivity index (χ3n) is 4.16. The van der Waals surface area contributed by atoms with Gasteiger partial charge in [-0.2, -0.15) is 0 Å². The molecule has 8 heteroatoms. The summed E-state index contributed by atoms with van der Waals surface area (Å²) in [5, 5.41) is 7.36. The number of halogens is 2. The average Bonchev–Trinajstić information content (AvgIpc) is 3.25. The molecule has 1 heterocycles. The summed E-state index contributed by atoms with van der Waals surface area (Å²) in [4.78, 5) is 26.6. The number of amides is 2. The first-order valence-electron chi connectivity index (χ1n) is 8.91. The van der Waals surface area contributed by atoms with Crippen LogP contribution in [0, 0.1) is 11.6 Å². The van der Waals surface area contributed by atoms with Gasteiger partial charge in [-0.15, -0.1) is 11.3 Å². The van der Waals surface area contributed by atoms with E-state index in [9.17, 15) is 18.4 Å². The SMILES string of the molecule is CCN(CC(=O)Nc1ccc(NC(=O)c2cccs2)cc1)c1ccc(F)c(F)c1. The Hall–Kier alpha value is -3.26. The molecule has 0 saturated heterocycles. The third kappa shape index (κ3) is 5.39. The van der Waals surface area contributed by atoms with E-state index in [-0.39, 0.29) is 18.4 Å². The molecule has 0 aliphatic rings. The van der Waals surface area contributed by atoms with Crippen molar-refractivity contribution in [3.05, 3.63) is 76.5 Å². The zero-order valence-electron chi connectivity index (χ0n) is 15.6. The molecule has 0 bridgehead atoms. The van der Waals surface area contributed by atoms with Crippen molar-refractivity contribution in [1.29, 1.82) is 0 Å². The van der Waals surface area contributed by atoms with Gasteiger partial charge in [-0.3, -0.25) is 9.59 Å². The molecule has 3 rings (SSSR count). The normalized spacial score (nSPS) is 10.4. The second kappa shape index (κ2) is 9.29. The Morgan fingerprint density at radius 3 is 2.24 bits per heavy atom. The van der Waals surface area contributed by atoms with E-state index in [1.165, 1.54) is 17.4 Å². The molecule has 5 nitrogen and oxygen atoms in total. The number of nitrogens with zero attached hydrogens (tertiary/aromatic N) is 1. The van der Waals surface area contributed by atoms with Gasteiger partial charge in [0.15, 0.2) is 11.6 Å².